The first-order valence-electron chi connectivity index (χ1n) is 12.1. The van der Waals surface area contributed by atoms with Gasteiger partial charge in [-0.15, -0.1) is 5.10 Å². The Kier molecular flexibility index (Phi) is 6.44. The van der Waals surface area contributed by atoms with Crippen molar-refractivity contribution in [3.8, 4) is 11.1 Å². The van der Waals surface area contributed by atoms with Crippen LogP contribution in [-0.4, -0.2) is 67.2 Å². The minimum atomic E-state index is 0.0247. The van der Waals surface area contributed by atoms with Crippen molar-refractivity contribution in [2.24, 2.45) is 0 Å². The van der Waals surface area contributed by atoms with Crippen LogP contribution < -0.4 is 5.32 Å². The summed E-state index contributed by atoms with van der Waals surface area (Å²) in [5, 5.41) is 16.1. The Hall–Kier alpha value is -3.43. The first-order chi connectivity index (χ1) is 16.9. The van der Waals surface area contributed by atoms with Gasteiger partial charge >= 0.3 is 0 Å². The summed E-state index contributed by atoms with van der Waals surface area (Å²) in [6.45, 7) is 10.3. The molecule has 1 fully saturated rings. The van der Waals surface area contributed by atoms with Gasteiger partial charge in [-0.2, -0.15) is 10.2 Å². The lowest BCUT2D eigenvalue weighted by Gasteiger charge is -2.47. The van der Waals surface area contributed by atoms with Gasteiger partial charge in [0.2, 0.25) is 0 Å². The normalized spacial score (nSPS) is 15.5. The van der Waals surface area contributed by atoms with E-state index in [0.29, 0.717) is 17.6 Å². The maximum absolute atomic E-state index is 5.52. The molecule has 4 aromatic rings. The maximum Gasteiger partial charge on any atom is 0.154 e. The Balaban J connectivity index is 1.25. The summed E-state index contributed by atoms with van der Waals surface area (Å²) < 4.78 is 7.52. The zero-order valence-electron chi connectivity index (χ0n) is 20.8. The number of nitrogens with one attached hydrogen (secondary N) is 1. The van der Waals surface area contributed by atoms with Gasteiger partial charge in [0.05, 0.1) is 29.0 Å². The number of fused-ring (bicyclic) bond motifs is 1. The van der Waals surface area contributed by atoms with Crippen LogP contribution in [0.5, 0.6) is 0 Å². The topological polar surface area (TPSA) is 93.9 Å². The second kappa shape index (κ2) is 9.67. The minimum Gasteiger partial charge on any atom is -0.376 e. The summed E-state index contributed by atoms with van der Waals surface area (Å²) in [5.74, 6) is 1.77. The average Bonchev–Trinajstić information content (AvgIpc) is 3.31. The molecule has 9 nitrogen and oxygen atoms in total. The van der Waals surface area contributed by atoms with Gasteiger partial charge in [-0.1, -0.05) is 13.8 Å². The van der Waals surface area contributed by atoms with Crippen molar-refractivity contribution in [1.82, 2.24) is 34.8 Å². The van der Waals surface area contributed by atoms with Crippen molar-refractivity contribution in [2.75, 3.05) is 32.1 Å². The molecule has 0 spiro atoms. The molecular formula is C26H32N8O. The molecule has 1 saturated heterocycles. The third kappa shape index (κ3) is 5.31. The van der Waals surface area contributed by atoms with Crippen LogP contribution in [0.1, 0.15) is 38.7 Å². The van der Waals surface area contributed by atoms with Gasteiger partial charge in [0.15, 0.2) is 5.82 Å². The molecule has 0 aromatic carbocycles. The summed E-state index contributed by atoms with van der Waals surface area (Å²) >= 11 is 0. The number of hydrogen-bond donors (Lipinski definition) is 1. The predicted molar refractivity (Wildman–Crippen MR) is 137 cm³/mol. The molecular weight excluding hydrogens is 440 g/mol. The van der Waals surface area contributed by atoms with Gasteiger partial charge in [0.1, 0.15) is 5.82 Å². The van der Waals surface area contributed by atoms with Crippen LogP contribution >= 0.6 is 0 Å². The lowest BCUT2D eigenvalue weighted by atomic mass is 9.96. The molecule has 0 saturated carbocycles. The number of anilines is 2. The molecule has 0 unspecified atom stereocenters. The Labute approximate surface area is 205 Å². The second-order valence-electron chi connectivity index (χ2n) is 9.82. The van der Waals surface area contributed by atoms with E-state index >= 15 is 0 Å². The number of aryl methyl sites for hydroxylation is 1. The summed E-state index contributed by atoms with van der Waals surface area (Å²) in [7, 11) is 1.79. The predicted octanol–water partition coefficient (Wildman–Crippen LogP) is 4.26. The molecule has 182 valence electrons. The Morgan fingerprint density at radius 1 is 1.03 bits per heavy atom. The van der Waals surface area contributed by atoms with Crippen LogP contribution in [0.4, 0.5) is 11.6 Å². The molecule has 35 heavy (non-hydrogen) atoms. The number of ether oxygens (including phenoxy) is 1. The zero-order valence-corrected chi connectivity index (χ0v) is 20.8. The van der Waals surface area contributed by atoms with Crippen LogP contribution in [-0.2, 0) is 11.3 Å². The molecule has 0 atom stereocenters. The minimum absolute atomic E-state index is 0.0247. The van der Waals surface area contributed by atoms with E-state index in [1.165, 1.54) is 0 Å². The highest BCUT2D eigenvalue weighted by atomic mass is 16.5. The first-order valence-corrected chi connectivity index (χ1v) is 12.1. The SMILES string of the molecule is COC1(C)CN(CCCn2cc(-c3cnc4ccc(Nc5cc(C(C)C)cnn5)nc4c3)cn2)C1. The number of hydrogen-bond acceptors (Lipinski definition) is 8. The molecule has 5 heterocycles. The van der Waals surface area contributed by atoms with Crippen molar-refractivity contribution in [3.05, 3.63) is 54.6 Å². The molecule has 9 heteroatoms. The van der Waals surface area contributed by atoms with Gasteiger partial charge in [-0.05, 0) is 49.1 Å². The molecule has 1 aliphatic rings. The lowest BCUT2D eigenvalue weighted by Crippen LogP contribution is -2.60. The van der Waals surface area contributed by atoms with Crippen molar-refractivity contribution in [2.45, 2.75) is 45.3 Å². The molecule has 5 rings (SSSR count). The van der Waals surface area contributed by atoms with E-state index in [9.17, 15) is 0 Å². The fraction of sp³-hybridized carbons (Fsp3) is 0.423. The zero-order chi connectivity index (χ0) is 24.4. The number of likely N-dealkylation sites (tertiary alicyclic amines) is 1. The Morgan fingerprint density at radius 2 is 1.89 bits per heavy atom. The quantitative estimate of drug-likeness (QED) is 0.386. The average molecular weight is 473 g/mol. The molecule has 0 radical (unpaired) electrons. The number of pyridine rings is 2. The molecule has 1 N–H and O–H groups in total. The van der Waals surface area contributed by atoms with E-state index in [0.717, 1.165) is 60.3 Å². The summed E-state index contributed by atoms with van der Waals surface area (Å²) in [6, 6.07) is 7.92. The second-order valence-corrected chi connectivity index (χ2v) is 9.82. The van der Waals surface area contributed by atoms with E-state index in [2.05, 4.69) is 63.5 Å². The van der Waals surface area contributed by atoms with Crippen molar-refractivity contribution >= 4 is 22.7 Å². The first kappa shape index (κ1) is 23.3. The summed E-state index contributed by atoms with van der Waals surface area (Å²) in [4.78, 5) is 11.8. The van der Waals surface area contributed by atoms with Gasteiger partial charge in [-0.3, -0.25) is 14.6 Å². The van der Waals surface area contributed by atoms with E-state index in [1.54, 1.807) is 13.3 Å². The summed E-state index contributed by atoms with van der Waals surface area (Å²) in [5.41, 5.74) is 4.83. The van der Waals surface area contributed by atoms with E-state index in [1.807, 2.05) is 35.3 Å². The van der Waals surface area contributed by atoms with E-state index < -0.39 is 0 Å². The third-order valence-corrected chi connectivity index (χ3v) is 6.57. The van der Waals surface area contributed by atoms with Crippen LogP contribution in [0.3, 0.4) is 0 Å². The Morgan fingerprint density at radius 3 is 2.69 bits per heavy atom. The van der Waals surface area contributed by atoms with Crippen LogP contribution in [0.2, 0.25) is 0 Å². The highest BCUT2D eigenvalue weighted by molar-refractivity contribution is 5.81. The van der Waals surface area contributed by atoms with Gasteiger partial charge in [-0.25, -0.2) is 4.98 Å². The number of methoxy groups -OCH3 is 1. The fourth-order valence-electron chi connectivity index (χ4n) is 4.40. The van der Waals surface area contributed by atoms with E-state index in [4.69, 9.17) is 9.72 Å². The smallest absolute Gasteiger partial charge is 0.154 e. The summed E-state index contributed by atoms with van der Waals surface area (Å²) in [6.07, 6.45) is 8.69. The highest BCUT2D eigenvalue weighted by Crippen LogP contribution is 2.25. The van der Waals surface area contributed by atoms with Gasteiger partial charge in [0.25, 0.3) is 0 Å². The van der Waals surface area contributed by atoms with Crippen molar-refractivity contribution in [1.29, 1.82) is 0 Å². The van der Waals surface area contributed by atoms with Crippen LogP contribution in [0.25, 0.3) is 22.2 Å². The highest BCUT2D eigenvalue weighted by Gasteiger charge is 2.37. The van der Waals surface area contributed by atoms with Gasteiger partial charge < -0.3 is 10.1 Å². The Bertz CT molecular complexity index is 1310. The molecule has 1 aliphatic heterocycles. The van der Waals surface area contributed by atoms with Crippen LogP contribution in [0.15, 0.2) is 49.1 Å². The largest absolute Gasteiger partial charge is 0.376 e. The molecule has 4 aromatic heterocycles. The molecule has 0 amide bonds. The molecule has 0 aliphatic carbocycles. The monoisotopic (exact) mass is 472 g/mol. The number of aromatic nitrogens is 6. The third-order valence-electron chi connectivity index (χ3n) is 6.57. The lowest BCUT2D eigenvalue weighted by molar-refractivity contribution is -0.111. The van der Waals surface area contributed by atoms with Gasteiger partial charge in [0, 0.05) is 56.8 Å². The van der Waals surface area contributed by atoms with Crippen LogP contribution in [0, 0.1) is 0 Å². The van der Waals surface area contributed by atoms with E-state index in [-0.39, 0.29) is 5.60 Å². The maximum atomic E-state index is 5.52. The number of rotatable bonds is 9. The molecule has 0 bridgehead atoms. The number of nitrogens with zero attached hydrogens (tertiary/aromatic N) is 7. The standard InChI is InChI=1S/C26H32N8O/c1-18(2)19-11-25(32-28-13-19)31-24-7-6-22-23(30-24)10-20(12-27-22)21-14-29-34(15-21)9-5-8-33-16-26(3,17-33)35-4/h6-7,10-15,18H,5,8-9,16-17H2,1-4H3,(H,30,31,32). The van der Waals surface area contributed by atoms with Crippen molar-refractivity contribution < 1.29 is 4.74 Å². The van der Waals surface area contributed by atoms with Crippen molar-refractivity contribution in [3.63, 3.8) is 0 Å². The fourth-order valence-corrected chi connectivity index (χ4v) is 4.40.